The van der Waals surface area contributed by atoms with Crippen LogP contribution in [0.25, 0.3) is 0 Å². The largest absolute Gasteiger partial charge is 0.274 e. The second kappa shape index (κ2) is 3.51. The van der Waals surface area contributed by atoms with E-state index < -0.39 is 0 Å². The van der Waals surface area contributed by atoms with Crippen LogP contribution >= 0.6 is 0 Å². The topological polar surface area (TPSA) is 21.3 Å². The number of nitrogens with one attached hydrogen (secondary N) is 1. The normalized spacial score (nSPS) is 12.4. The number of rotatable bonds is 2. The smallest absolute Gasteiger partial charge is 0.0876 e. The zero-order valence-electron chi connectivity index (χ0n) is 6.56. The third-order valence-electron chi connectivity index (χ3n) is 0.600. The van der Waals surface area contributed by atoms with Gasteiger partial charge in [0.05, 0.1) is 5.60 Å². The highest BCUT2D eigenvalue weighted by Crippen LogP contribution is 2.02. The SMILES string of the molecule is C/C=C/NOC(C)(C)C. The molecule has 0 spiro atoms. The second-order valence-corrected chi connectivity index (χ2v) is 2.83. The average Bonchev–Trinajstić information content (AvgIpc) is 1.63. The zero-order chi connectivity index (χ0) is 7.33. The van der Waals surface area contributed by atoms with Crippen molar-refractivity contribution >= 4 is 0 Å². The molecule has 0 aromatic rings. The van der Waals surface area contributed by atoms with Crippen LogP contribution in [0.15, 0.2) is 12.3 Å². The lowest BCUT2D eigenvalue weighted by Gasteiger charge is -2.17. The van der Waals surface area contributed by atoms with Crippen LogP contribution in [-0.2, 0) is 4.84 Å². The molecule has 0 rings (SSSR count). The molecule has 0 saturated carbocycles. The lowest BCUT2D eigenvalue weighted by Crippen LogP contribution is -2.25. The lowest BCUT2D eigenvalue weighted by molar-refractivity contribution is -0.0522. The van der Waals surface area contributed by atoms with Crippen molar-refractivity contribution < 1.29 is 4.84 Å². The Labute approximate surface area is 56.9 Å². The summed E-state index contributed by atoms with van der Waals surface area (Å²) in [7, 11) is 0. The Kier molecular flexibility index (Phi) is 3.32. The Hall–Kier alpha value is -0.500. The summed E-state index contributed by atoms with van der Waals surface area (Å²) in [6, 6.07) is 0. The Bertz CT molecular complexity index is 91.6. The van der Waals surface area contributed by atoms with Gasteiger partial charge in [-0.3, -0.25) is 10.3 Å². The van der Waals surface area contributed by atoms with Crippen LogP contribution in [0.4, 0.5) is 0 Å². The van der Waals surface area contributed by atoms with Gasteiger partial charge in [0.15, 0.2) is 0 Å². The molecule has 0 aliphatic heterocycles. The van der Waals surface area contributed by atoms with E-state index in [1.807, 2.05) is 33.8 Å². The summed E-state index contributed by atoms with van der Waals surface area (Å²) in [4.78, 5) is 5.13. The molecule has 0 amide bonds. The molecule has 1 N–H and O–H groups in total. The Morgan fingerprint density at radius 1 is 1.33 bits per heavy atom. The van der Waals surface area contributed by atoms with Gasteiger partial charge in [-0.05, 0) is 27.7 Å². The maximum atomic E-state index is 5.13. The van der Waals surface area contributed by atoms with Crippen molar-refractivity contribution in [1.29, 1.82) is 0 Å². The molecule has 0 aliphatic rings. The molecule has 0 saturated heterocycles. The maximum absolute atomic E-state index is 5.13. The van der Waals surface area contributed by atoms with Crippen molar-refractivity contribution in [3.8, 4) is 0 Å². The van der Waals surface area contributed by atoms with Crippen LogP contribution in [-0.4, -0.2) is 5.60 Å². The standard InChI is InChI=1S/C7H15NO/c1-5-6-8-9-7(2,3)4/h5-6,8H,1-4H3/b6-5+. The number of hydrogen-bond donors (Lipinski definition) is 1. The predicted octanol–water partition coefficient (Wildman–Crippen LogP) is 1.84. The fraction of sp³-hybridized carbons (Fsp3) is 0.714. The minimum absolute atomic E-state index is 0.112. The fourth-order valence-electron chi connectivity index (χ4n) is 0.279. The quantitative estimate of drug-likeness (QED) is 0.574. The third-order valence-corrected chi connectivity index (χ3v) is 0.600. The van der Waals surface area contributed by atoms with E-state index in [-0.39, 0.29) is 5.60 Å². The van der Waals surface area contributed by atoms with Crippen LogP contribution in [0.1, 0.15) is 27.7 Å². The van der Waals surface area contributed by atoms with Crippen LogP contribution in [0.5, 0.6) is 0 Å². The molecule has 54 valence electrons. The molecule has 0 aromatic heterocycles. The molecule has 2 heteroatoms. The molecule has 0 unspecified atom stereocenters. The highest BCUT2D eigenvalue weighted by Gasteiger charge is 2.08. The first kappa shape index (κ1) is 8.50. The van der Waals surface area contributed by atoms with Crippen molar-refractivity contribution in [3.63, 3.8) is 0 Å². The fourth-order valence-corrected chi connectivity index (χ4v) is 0.279. The summed E-state index contributed by atoms with van der Waals surface area (Å²) < 4.78 is 0. The van der Waals surface area contributed by atoms with E-state index in [4.69, 9.17) is 4.84 Å². The summed E-state index contributed by atoms with van der Waals surface area (Å²) in [6.45, 7) is 7.90. The molecular formula is C7H15NO. The Morgan fingerprint density at radius 3 is 2.22 bits per heavy atom. The Balaban J connectivity index is 3.28. The molecule has 0 fully saturated rings. The van der Waals surface area contributed by atoms with Gasteiger partial charge in [0.1, 0.15) is 0 Å². The highest BCUT2D eigenvalue weighted by molar-refractivity contribution is 4.70. The second-order valence-electron chi connectivity index (χ2n) is 2.83. The van der Waals surface area contributed by atoms with Crippen molar-refractivity contribution in [2.45, 2.75) is 33.3 Å². The molecule has 0 heterocycles. The van der Waals surface area contributed by atoms with Gasteiger partial charge in [0, 0.05) is 6.20 Å². The molecule has 0 aromatic carbocycles. The van der Waals surface area contributed by atoms with Crippen LogP contribution < -0.4 is 5.48 Å². The van der Waals surface area contributed by atoms with Gasteiger partial charge in [-0.1, -0.05) is 6.08 Å². The van der Waals surface area contributed by atoms with Crippen molar-refractivity contribution in [1.82, 2.24) is 5.48 Å². The van der Waals surface area contributed by atoms with Crippen molar-refractivity contribution in [3.05, 3.63) is 12.3 Å². The number of hydrogen-bond acceptors (Lipinski definition) is 2. The molecule has 2 nitrogen and oxygen atoms in total. The first-order valence-corrected chi connectivity index (χ1v) is 3.11. The number of allylic oxidation sites excluding steroid dienone is 1. The lowest BCUT2D eigenvalue weighted by atomic mass is 10.2. The van der Waals surface area contributed by atoms with E-state index in [2.05, 4.69) is 5.48 Å². The minimum atomic E-state index is -0.112. The van der Waals surface area contributed by atoms with Crippen LogP contribution in [0.3, 0.4) is 0 Å². The molecule has 0 bridgehead atoms. The van der Waals surface area contributed by atoms with E-state index in [9.17, 15) is 0 Å². The average molecular weight is 129 g/mol. The van der Waals surface area contributed by atoms with Gasteiger partial charge in [0.25, 0.3) is 0 Å². The Morgan fingerprint density at radius 2 is 1.89 bits per heavy atom. The van der Waals surface area contributed by atoms with Gasteiger partial charge in [-0.25, -0.2) is 0 Å². The summed E-state index contributed by atoms with van der Waals surface area (Å²) in [5.41, 5.74) is 2.58. The van der Waals surface area contributed by atoms with Gasteiger partial charge in [-0.2, -0.15) is 0 Å². The summed E-state index contributed by atoms with van der Waals surface area (Å²) in [5.74, 6) is 0. The van der Waals surface area contributed by atoms with Crippen LogP contribution in [0, 0.1) is 0 Å². The van der Waals surface area contributed by atoms with Gasteiger partial charge >= 0.3 is 0 Å². The monoisotopic (exact) mass is 129 g/mol. The zero-order valence-corrected chi connectivity index (χ0v) is 6.56. The van der Waals surface area contributed by atoms with E-state index in [1.54, 1.807) is 6.20 Å². The maximum Gasteiger partial charge on any atom is 0.0876 e. The molecule has 0 aliphatic carbocycles. The first-order valence-electron chi connectivity index (χ1n) is 3.11. The predicted molar refractivity (Wildman–Crippen MR) is 38.8 cm³/mol. The van der Waals surface area contributed by atoms with E-state index >= 15 is 0 Å². The van der Waals surface area contributed by atoms with E-state index in [0.29, 0.717) is 0 Å². The third kappa shape index (κ3) is 7.50. The van der Waals surface area contributed by atoms with Crippen LogP contribution in [0.2, 0.25) is 0 Å². The summed E-state index contributed by atoms with van der Waals surface area (Å²) in [6.07, 6.45) is 3.64. The first-order chi connectivity index (χ1) is 4.06. The van der Waals surface area contributed by atoms with Crippen molar-refractivity contribution in [2.24, 2.45) is 0 Å². The van der Waals surface area contributed by atoms with Gasteiger partial charge < -0.3 is 0 Å². The van der Waals surface area contributed by atoms with E-state index in [0.717, 1.165) is 0 Å². The van der Waals surface area contributed by atoms with Crippen molar-refractivity contribution in [2.75, 3.05) is 0 Å². The summed E-state index contributed by atoms with van der Waals surface area (Å²) in [5, 5.41) is 0. The molecule has 0 radical (unpaired) electrons. The highest BCUT2D eigenvalue weighted by atomic mass is 16.7. The molecule has 0 atom stereocenters. The molecular weight excluding hydrogens is 114 g/mol. The van der Waals surface area contributed by atoms with Gasteiger partial charge in [-0.15, -0.1) is 0 Å². The van der Waals surface area contributed by atoms with Gasteiger partial charge in [0.2, 0.25) is 0 Å². The van der Waals surface area contributed by atoms with E-state index in [1.165, 1.54) is 0 Å². The number of hydroxylamine groups is 1. The minimum Gasteiger partial charge on any atom is -0.274 e. The summed E-state index contributed by atoms with van der Waals surface area (Å²) >= 11 is 0. The molecule has 9 heavy (non-hydrogen) atoms.